The van der Waals surface area contributed by atoms with Gasteiger partial charge in [0.1, 0.15) is 17.2 Å². The maximum atomic E-state index is 6.07. The van der Waals surface area contributed by atoms with Gasteiger partial charge in [-0.15, -0.1) is 5.10 Å². The molecule has 0 fully saturated rings. The standard InChI is InChI=1S/C11H14ClN5/c1-3-5-17-9(6-15-16-17)10-8(4-2)11(12)14-7-13-10/h6-7H,3-5H2,1-2H3. The van der Waals surface area contributed by atoms with Crippen molar-refractivity contribution in [3.05, 3.63) is 23.2 Å². The number of nitrogens with zero attached hydrogens (tertiary/aromatic N) is 5. The SMILES string of the molecule is CCCn1nncc1-c1ncnc(Cl)c1CC. The monoisotopic (exact) mass is 251 g/mol. The molecule has 0 aromatic carbocycles. The summed E-state index contributed by atoms with van der Waals surface area (Å²) in [5, 5.41) is 8.48. The van der Waals surface area contributed by atoms with Crippen LogP contribution in [0, 0.1) is 0 Å². The first-order valence-corrected chi connectivity index (χ1v) is 6.04. The molecule has 2 rings (SSSR count). The van der Waals surface area contributed by atoms with Gasteiger partial charge in [0.2, 0.25) is 0 Å². The first kappa shape index (κ1) is 12.0. The van der Waals surface area contributed by atoms with Crippen LogP contribution < -0.4 is 0 Å². The van der Waals surface area contributed by atoms with Gasteiger partial charge in [-0.2, -0.15) is 0 Å². The average molecular weight is 252 g/mol. The fraction of sp³-hybridized carbons (Fsp3) is 0.455. The van der Waals surface area contributed by atoms with Crippen molar-refractivity contribution in [2.45, 2.75) is 33.2 Å². The highest BCUT2D eigenvalue weighted by molar-refractivity contribution is 6.30. The van der Waals surface area contributed by atoms with Gasteiger partial charge in [0.25, 0.3) is 0 Å². The van der Waals surface area contributed by atoms with Crippen LogP contribution in [0.15, 0.2) is 12.5 Å². The van der Waals surface area contributed by atoms with Crippen molar-refractivity contribution < 1.29 is 0 Å². The van der Waals surface area contributed by atoms with Gasteiger partial charge in [0.05, 0.1) is 11.9 Å². The topological polar surface area (TPSA) is 56.5 Å². The highest BCUT2D eigenvalue weighted by Crippen LogP contribution is 2.25. The Hall–Kier alpha value is -1.49. The van der Waals surface area contributed by atoms with Crippen molar-refractivity contribution in [2.75, 3.05) is 0 Å². The number of halogens is 1. The zero-order valence-electron chi connectivity index (χ0n) is 9.89. The van der Waals surface area contributed by atoms with Gasteiger partial charge in [0.15, 0.2) is 0 Å². The molecule has 0 saturated carbocycles. The normalized spacial score (nSPS) is 10.8. The lowest BCUT2D eigenvalue weighted by atomic mass is 10.1. The summed E-state index contributed by atoms with van der Waals surface area (Å²) < 4.78 is 1.85. The molecule has 0 unspecified atom stereocenters. The second-order valence-corrected chi connectivity index (χ2v) is 4.05. The molecule has 0 aliphatic heterocycles. The molecule has 0 amide bonds. The summed E-state index contributed by atoms with van der Waals surface area (Å²) in [6.45, 7) is 4.95. The van der Waals surface area contributed by atoms with Crippen LogP contribution in [0.1, 0.15) is 25.8 Å². The van der Waals surface area contributed by atoms with Crippen LogP contribution in [0.5, 0.6) is 0 Å². The molecule has 2 aromatic heterocycles. The minimum Gasteiger partial charge on any atom is -0.243 e. The van der Waals surface area contributed by atoms with E-state index in [0.717, 1.165) is 36.3 Å². The molecule has 0 aliphatic rings. The summed E-state index contributed by atoms with van der Waals surface area (Å²) in [6, 6.07) is 0. The molecular formula is C11H14ClN5. The molecule has 0 saturated heterocycles. The molecule has 0 atom stereocenters. The van der Waals surface area contributed by atoms with E-state index < -0.39 is 0 Å². The van der Waals surface area contributed by atoms with E-state index in [0.29, 0.717) is 5.15 Å². The highest BCUT2D eigenvalue weighted by atomic mass is 35.5. The minimum absolute atomic E-state index is 0.502. The maximum Gasteiger partial charge on any atom is 0.136 e. The van der Waals surface area contributed by atoms with E-state index in [1.807, 2.05) is 11.6 Å². The summed E-state index contributed by atoms with van der Waals surface area (Å²) in [7, 11) is 0. The van der Waals surface area contributed by atoms with E-state index in [2.05, 4.69) is 27.2 Å². The van der Waals surface area contributed by atoms with Crippen molar-refractivity contribution in [3.63, 3.8) is 0 Å². The summed E-state index contributed by atoms with van der Waals surface area (Å²) in [5.41, 5.74) is 2.66. The van der Waals surface area contributed by atoms with Gasteiger partial charge in [-0.05, 0) is 12.8 Å². The molecule has 5 nitrogen and oxygen atoms in total. The minimum atomic E-state index is 0.502. The van der Waals surface area contributed by atoms with Crippen LogP contribution in [-0.4, -0.2) is 25.0 Å². The summed E-state index contributed by atoms with van der Waals surface area (Å²) in [5.74, 6) is 0. The lowest BCUT2D eigenvalue weighted by molar-refractivity contribution is 0.583. The van der Waals surface area contributed by atoms with Crippen LogP contribution in [-0.2, 0) is 13.0 Å². The predicted molar refractivity (Wildman–Crippen MR) is 65.7 cm³/mol. The lowest BCUT2D eigenvalue weighted by Gasteiger charge is -2.08. The second-order valence-electron chi connectivity index (χ2n) is 3.69. The zero-order valence-corrected chi connectivity index (χ0v) is 10.6. The Morgan fingerprint density at radius 1 is 1.29 bits per heavy atom. The van der Waals surface area contributed by atoms with Crippen LogP contribution in [0.2, 0.25) is 5.15 Å². The van der Waals surface area contributed by atoms with Gasteiger partial charge in [-0.1, -0.05) is 30.7 Å². The van der Waals surface area contributed by atoms with Crippen LogP contribution in [0.3, 0.4) is 0 Å². The molecule has 0 aliphatic carbocycles. The van der Waals surface area contributed by atoms with E-state index in [-0.39, 0.29) is 0 Å². The number of aryl methyl sites for hydroxylation is 1. The number of hydrogen-bond donors (Lipinski definition) is 0. The van der Waals surface area contributed by atoms with Gasteiger partial charge in [-0.3, -0.25) is 0 Å². The third-order valence-corrected chi connectivity index (χ3v) is 2.87. The third kappa shape index (κ3) is 2.29. The van der Waals surface area contributed by atoms with E-state index in [1.165, 1.54) is 6.33 Å². The average Bonchev–Trinajstić information content (AvgIpc) is 2.77. The molecule has 0 bridgehead atoms. The Balaban J connectivity index is 2.52. The quantitative estimate of drug-likeness (QED) is 0.783. The largest absolute Gasteiger partial charge is 0.243 e. The van der Waals surface area contributed by atoms with Gasteiger partial charge >= 0.3 is 0 Å². The Kier molecular flexibility index (Phi) is 3.68. The molecule has 0 spiro atoms. The number of aromatic nitrogens is 5. The Labute approximate surface area is 105 Å². The fourth-order valence-electron chi connectivity index (χ4n) is 1.74. The molecule has 6 heteroatoms. The molecule has 0 N–H and O–H groups in total. The third-order valence-electron chi connectivity index (χ3n) is 2.54. The summed E-state index contributed by atoms with van der Waals surface area (Å²) >= 11 is 6.07. The molecular weight excluding hydrogens is 238 g/mol. The van der Waals surface area contributed by atoms with E-state index in [4.69, 9.17) is 11.6 Å². The molecule has 2 aromatic rings. The maximum absolute atomic E-state index is 6.07. The highest BCUT2D eigenvalue weighted by Gasteiger charge is 2.14. The van der Waals surface area contributed by atoms with E-state index >= 15 is 0 Å². The Bertz CT molecular complexity index is 508. The van der Waals surface area contributed by atoms with Crippen LogP contribution >= 0.6 is 11.6 Å². The van der Waals surface area contributed by atoms with E-state index in [9.17, 15) is 0 Å². The second kappa shape index (κ2) is 5.23. The molecule has 17 heavy (non-hydrogen) atoms. The first-order chi connectivity index (χ1) is 8.27. The molecule has 90 valence electrons. The van der Waals surface area contributed by atoms with Crippen molar-refractivity contribution in [2.24, 2.45) is 0 Å². The molecule has 2 heterocycles. The summed E-state index contributed by atoms with van der Waals surface area (Å²) in [6.07, 6.45) is 4.97. The fourth-order valence-corrected chi connectivity index (χ4v) is 2.01. The number of rotatable bonds is 4. The van der Waals surface area contributed by atoms with E-state index in [1.54, 1.807) is 6.20 Å². The van der Waals surface area contributed by atoms with Gasteiger partial charge < -0.3 is 0 Å². The smallest absolute Gasteiger partial charge is 0.136 e. The lowest BCUT2D eigenvalue weighted by Crippen LogP contribution is -2.05. The predicted octanol–water partition coefficient (Wildman–Crippen LogP) is 2.36. The Morgan fingerprint density at radius 2 is 2.12 bits per heavy atom. The molecule has 0 radical (unpaired) electrons. The Morgan fingerprint density at radius 3 is 2.82 bits per heavy atom. The van der Waals surface area contributed by atoms with Crippen LogP contribution in [0.4, 0.5) is 0 Å². The van der Waals surface area contributed by atoms with Gasteiger partial charge in [-0.25, -0.2) is 14.6 Å². The van der Waals surface area contributed by atoms with Gasteiger partial charge in [0, 0.05) is 12.1 Å². The summed E-state index contributed by atoms with van der Waals surface area (Å²) in [4.78, 5) is 8.30. The van der Waals surface area contributed by atoms with Crippen LogP contribution in [0.25, 0.3) is 11.4 Å². The first-order valence-electron chi connectivity index (χ1n) is 5.66. The van der Waals surface area contributed by atoms with Crippen molar-refractivity contribution >= 4 is 11.6 Å². The zero-order chi connectivity index (χ0) is 12.3. The van der Waals surface area contributed by atoms with Crippen molar-refractivity contribution in [1.29, 1.82) is 0 Å². The van der Waals surface area contributed by atoms with Crippen molar-refractivity contribution in [1.82, 2.24) is 25.0 Å². The van der Waals surface area contributed by atoms with Crippen molar-refractivity contribution in [3.8, 4) is 11.4 Å². The number of hydrogen-bond acceptors (Lipinski definition) is 4.